The van der Waals surface area contributed by atoms with E-state index in [9.17, 15) is 4.39 Å². The van der Waals surface area contributed by atoms with E-state index >= 15 is 0 Å². The van der Waals surface area contributed by atoms with Crippen LogP contribution in [0.5, 0.6) is 0 Å². The summed E-state index contributed by atoms with van der Waals surface area (Å²) in [5.74, 6) is 1.44. The highest BCUT2D eigenvalue weighted by atomic mass is 19.1. The van der Waals surface area contributed by atoms with Crippen LogP contribution in [0.3, 0.4) is 0 Å². The average Bonchev–Trinajstić information content (AvgIpc) is 3.26. The number of aryl methyl sites for hydroxylation is 1. The van der Waals surface area contributed by atoms with Crippen LogP contribution < -0.4 is 5.32 Å². The molecule has 5 heteroatoms. The minimum Gasteiger partial charge on any atom is -0.355 e. The summed E-state index contributed by atoms with van der Waals surface area (Å²) in [6.45, 7) is 6.17. The van der Waals surface area contributed by atoms with Crippen molar-refractivity contribution >= 4 is 16.9 Å². The topological polar surface area (TPSA) is 42.2 Å². The van der Waals surface area contributed by atoms with Crippen molar-refractivity contribution in [1.29, 1.82) is 0 Å². The van der Waals surface area contributed by atoms with Crippen molar-refractivity contribution in [2.75, 3.05) is 5.32 Å². The molecule has 4 nitrogen and oxygen atoms in total. The Morgan fingerprint density at radius 2 is 1.84 bits per heavy atom. The molecule has 32 heavy (non-hydrogen) atoms. The first kappa shape index (κ1) is 20.4. The summed E-state index contributed by atoms with van der Waals surface area (Å²) < 4.78 is 15.5. The molecule has 0 atom stereocenters. The first-order valence-corrected chi connectivity index (χ1v) is 11.2. The van der Waals surface area contributed by atoms with Gasteiger partial charge >= 0.3 is 0 Å². The van der Waals surface area contributed by atoms with Gasteiger partial charge in [0.05, 0.1) is 11.7 Å². The number of halogens is 1. The molecule has 1 aliphatic carbocycles. The Labute approximate surface area is 187 Å². The Morgan fingerprint density at radius 3 is 2.62 bits per heavy atom. The lowest BCUT2D eigenvalue weighted by atomic mass is 9.89. The van der Waals surface area contributed by atoms with Crippen LogP contribution in [0.1, 0.15) is 55.1 Å². The fourth-order valence-electron chi connectivity index (χ4n) is 4.71. The molecule has 0 spiro atoms. The summed E-state index contributed by atoms with van der Waals surface area (Å²) >= 11 is 0. The van der Waals surface area contributed by atoms with E-state index in [4.69, 9.17) is 4.98 Å². The van der Waals surface area contributed by atoms with E-state index in [1.807, 2.05) is 19.3 Å². The minimum absolute atomic E-state index is 0.262. The molecule has 1 aliphatic rings. The van der Waals surface area contributed by atoms with Crippen LogP contribution in [0.25, 0.3) is 22.3 Å². The Bertz CT molecular complexity index is 1270. The molecule has 0 radical (unpaired) electrons. The molecule has 5 rings (SSSR count). The number of benzene rings is 1. The predicted octanol–water partition coefficient (Wildman–Crippen LogP) is 6.97. The molecular weight excluding hydrogens is 399 g/mol. The van der Waals surface area contributed by atoms with Gasteiger partial charge in [-0.25, -0.2) is 9.37 Å². The Morgan fingerprint density at radius 1 is 1.06 bits per heavy atom. The third-order valence-electron chi connectivity index (χ3n) is 6.43. The van der Waals surface area contributed by atoms with Crippen LogP contribution in [-0.4, -0.2) is 14.4 Å². The summed E-state index contributed by atoms with van der Waals surface area (Å²) in [6, 6.07) is 12.6. The third kappa shape index (κ3) is 3.91. The van der Waals surface area contributed by atoms with Crippen molar-refractivity contribution in [3.8, 4) is 11.1 Å². The summed E-state index contributed by atoms with van der Waals surface area (Å²) in [6.07, 6.45) is 12.4. The van der Waals surface area contributed by atoms with Gasteiger partial charge in [-0.15, -0.1) is 0 Å². The molecule has 3 aromatic heterocycles. The van der Waals surface area contributed by atoms with E-state index in [1.165, 1.54) is 50.1 Å². The van der Waals surface area contributed by atoms with Crippen LogP contribution in [0, 0.1) is 12.7 Å². The van der Waals surface area contributed by atoms with Gasteiger partial charge in [-0.1, -0.05) is 31.9 Å². The van der Waals surface area contributed by atoms with Crippen molar-refractivity contribution in [3.05, 3.63) is 90.5 Å². The van der Waals surface area contributed by atoms with Crippen molar-refractivity contribution in [1.82, 2.24) is 14.4 Å². The van der Waals surface area contributed by atoms with Crippen LogP contribution in [0.15, 0.2) is 67.6 Å². The van der Waals surface area contributed by atoms with E-state index in [0.717, 1.165) is 39.3 Å². The fourth-order valence-corrected chi connectivity index (χ4v) is 4.71. The minimum atomic E-state index is -0.262. The second kappa shape index (κ2) is 8.58. The number of pyridine rings is 2. The highest BCUT2D eigenvalue weighted by molar-refractivity contribution is 5.84. The Balaban J connectivity index is 1.49. The van der Waals surface area contributed by atoms with Gasteiger partial charge in [0.2, 0.25) is 0 Å². The maximum absolute atomic E-state index is 13.2. The first-order valence-electron chi connectivity index (χ1n) is 11.2. The Kier molecular flexibility index (Phi) is 5.48. The standard InChI is InChI=1S/C27H27FN4/c1-18-25(19(2)31-23-12-10-22(28)11-13-23)15-21(16-29-18)24-9-6-14-32-26(24)17-30-27(32)20-7-4-3-5-8-20/h6,9-17,20,31H,2-5,7-8H2,1H3. The zero-order valence-electron chi connectivity index (χ0n) is 18.3. The highest BCUT2D eigenvalue weighted by Crippen LogP contribution is 2.34. The van der Waals surface area contributed by atoms with E-state index < -0.39 is 0 Å². The summed E-state index contributed by atoms with van der Waals surface area (Å²) in [4.78, 5) is 9.47. The maximum Gasteiger partial charge on any atom is 0.123 e. The monoisotopic (exact) mass is 426 g/mol. The molecule has 3 heterocycles. The number of rotatable bonds is 5. The lowest BCUT2D eigenvalue weighted by molar-refractivity contribution is 0.428. The summed E-state index contributed by atoms with van der Waals surface area (Å²) in [7, 11) is 0. The van der Waals surface area contributed by atoms with Gasteiger partial charge in [-0.3, -0.25) is 4.98 Å². The molecular formula is C27H27FN4. The zero-order valence-corrected chi connectivity index (χ0v) is 18.3. The quantitative estimate of drug-likeness (QED) is 0.374. The predicted molar refractivity (Wildman–Crippen MR) is 128 cm³/mol. The van der Waals surface area contributed by atoms with E-state index in [2.05, 4.69) is 45.7 Å². The van der Waals surface area contributed by atoms with Gasteiger partial charge in [0.1, 0.15) is 11.6 Å². The maximum atomic E-state index is 13.2. The number of fused-ring (bicyclic) bond motifs is 1. The van der Waals surface area contributed by atoms with Crippen LogP contribution >= 0.6 is 0 Å². The van der Waals surface area contributed by atoms with E-state index in [1.54, 1.807) is 12.1 Å². The molecule has 0 saturated heterocycles. The molecule has 1 aromatic carbocycles. The highest BCUT2D eigenvalue weighted by Gasteiger charge is 2.21. The molecule has 1 fully saturated rings. The number of hydrogen-bond donors (Lipinski definition) is 1. The number of imidazole rings is 1. The molecule has 0 unspecified atom stereocenters. The van der Waals surface area contributed by atoms with Gasteiger partial charge in [0.25, 0.3) is 0 Å². The van der Waals surface area contributed by atoms with Crippen LogP contribution in [0.4, 0.5) is 10.1 Å². The number of nitrogens with zero attached hydrogens (tertiary/aromatic N) is 3. The van der Waals surface area contributed by atoms with Gasteiger partial charge in [-0.2, -0.15) is 0 Å². The van der Waals surface area contributed by atoms with Gasteiger partial charge in [0, 0.05) is 52.1 Å². The molecule has 162 valence electrons. The largest absolute Gasteiger partial charge is 0.355 e. The molecule has 1 saturated carbocycles. The van der Waals surface area contributed by atoms with E-state index in [0.29, 0.717) is 5.92 Å². The van der Waals surface area contributed by atoms with Crippen molar-refractivity contribution in [2.45, 2.75) is 44.9 Å². The van der Waals surface area contributed by atoms with E-state index in [-0.39, 0.29) is 5.82 Å². The number of anilines is 1. The second-order valence-electron chi connectivity index (χ2n) is 8.60. The van der Waals surface area contributed by atoms with Crippen molar-refractivity contribution in [3.63, 3.8) is 0 Å². The Hall–Kier alpha value is -3.47. The lowest BCUT2D eigenvalue weighted by Gasteiger charge is -2.20. The number of hydrogen-bond acceptors (Lipinski definition) is 3. The molecule has 0 bridgehead atoms. The van der Waals surface area contributed by atoms with Crippen molar-refractivity contribution < 1.29 is 4.39 Å². The SMILES string of the molecule is C=C(Nc1ccc(F)cc1)c1cc(-c2cccn3c(C4CCCCC4)ncc23)cnc1C. The number of aromatic nitrogens is 3. The van der Waals surface area contributed by atoms with Crippen LogP contribution in [0.2, 0.25) is 0 Å². The summed E-state index contributed by atoms with van der Waals surface area (Å²) in [5, 5.41) is 3.27. The van der Waals surface area contributed by atoms with Crippen molar-refractivity contribution in [2.24, 2.45) is 0 Å². The first-order chi connectivity index (χ1) is 15.6. The normalized spacial score (nSPS) is 14.6. The summed E-state index contributed by atoms with van der Waals surface area (Å²) in [5.41, 5.74) is 6.56. The lowest BCUT2D eigenvalue weighted by Crippen LogP contribution is -2.08. The second-order valence-corrected chi connectivity index (χ2v) is 8.60. The third-order valence-corrected chi connectivity index (χ3v) is 6.43. The van der Waals surface area contributed by atoms with Gasteiger partial charge in [-0.05, 0) is 56.2 Å². The van der Waals surface area contributed by atoms with Gasteiger partial charge in [0.15, 0.2) is 0 Å². The average molecular weight is 427 g/mol. The van der Waals surface area contributed by atoms with Crippen LogP contribution in [-0.2, 0) is 0 Å². The van der Waals surface area contributed by atoms with Gasteiger partial charge < -0.3 is 9.72 Å². The smallest absolute Gasteiger partial charge is 0.123 e. The molecule has 0 aliphatic heterocycles. The zero-order chi connectivity index (χ0) is 22.1. The molecule has 0 amide bonds. The fraction of sp³-hybridized carbons (Fsp3) is 0.259. The molecule has 1 N–H and O–H groups in total. The number of nitrogens with one attached hydrogen (secondary N) is 1. The molecule has 4 aromatic rings.